The van der Waals surface area contributed by atoms with E-state index in [9.17, 15) is 9.59 Å². The Balaban J connectivity index is 2.68. The van der Waals surface area contributed by atoms with E-state index in [2.05, 4.69) is 17.2 Å². The van der Waals surface area contributed by atoms with E-state index in [4.69, 9.17) is 16.7 Å². The van der Waals surface area contributed by atoms with Crippen LogP contribution in [-0.2, 0) is 9.59 Å². The summed E-state index contributed by atoms with van der Waals surface area (Å²) < 4.78 is 0. The van der Waals surface area contributed by atoms with E-state index in [1.807, 2.05) is 0 Å². The minimum atomic E-state index is -1.08. The molecule has 0 aliphatic rings. The summed E-state index contributed by atoms with van der Waals surface area (Å²) in [6.45, 7) is 5.59. The lowest BCUT2D eigenvalue weighted by Crippen LogP contribution is -2.39. The molecule has 20 heavy (non-hydrogen) atoms. The Morgan fingerprint density at radius 2 is 2.20 bits per heavy atom. The predicted octanol–water partition coefficient (Wildman–Crippen LogP) is 2.21. The first-order chi connectivity index (χ1) is 9.45. The van der Waals surface area contributed by atoms with Crippen molar-refractivity contribution in [2.24, 2.45) is 0 Å². The van der Waals surface area contributed by atoms with Crippen LogP contribution in [0, 0.1) is 6.92 Å². The first-order valence-electron chi connectivity index (χ1n) is 6.07. The topological polar surface area (TPSA) is 78.4 Å². The molecule has 0 unspecified atom stereocenters. The zero-order chi connectivity index (χ0) is 15.1. The van der Waals surface area contributed by atoms with E-state index in [0.717, 1.165) is 5.56 Å². The number of benzene rings is 1. The summed E-state index contributed by atoms with van der Waals surface area (Å²) in [7, 11) is 0. The SMILES string of the molecule is C=CCN[C@H](CC(=O)Nc1cccc(Cl)c1C)C(=O)O. The summed E-state index contributed by atoms with van der Waals surface area (Å²) in [5.41, 5.74) is 1.32. The summed E-state index contributed by atoms with van der Waals surface area (Å²) in [5, 5.41) is 14.9. The van der Waals surface area contributed by atoms with Crippen molar-refractivity contribution in [3.63, 3.8) is 0 Å². The fraction of sp³-hybridized carbons (Fsp3) is 0.286. The molecule has 6 heteroatoms. The van der Waals surface area contributed by atoms with Gasteiger partial charge in [0.2, 0.25) is 5.91 Å². The van der Waals surface area contributed by atoms with Gasteiger partial charge in [0, 0.05) is 17.3 Å². The number of carbonyl (C=O) groups is 2. The van der Waals surface area contributed by atoms with Crippen molar-refractivity contribution in [1.29, 1.82) is 0 Å². The second-order valence-corrected chi connectivity index (χ2v) is 4.66. The molecule has 108 valence electrons. The predicted molar refractivity (Wildman–Crippen MR) is 79.1 cm³/mol. The van der Waals surface area contributed by atoms with E-state index in [-0.39, 0.29) is 12.3 Å². The second-order valence-electron chi connectivity index (χ2n) is 4.25. The van der Waals surface area contributed by atoms with Gasteiger partial charge in [0.1, 0.15) is 6.04 Å². The maximum absolute atomic E-state index is 11.9. The van der Waals surface area contributed by atoms with Gasteiger partial charge in [-0.05, 0) is 24.6 Å². The molecule has 0 saturated heterocycles. The van der Waals surface area contributed by atoms with Crippen molar-refractivity contribution in [2.45, 2.75) is 19.4 Å². The monoisotopic (exact) mass is 296 g/mol. The molecule has 5 nitrogen and oxygen atoms in total. The van der Waals surface area contributed by atoms with E-state index in [1.165, 1.54) is 6.08 Å². The molecule has 1 atom stereocenters. The average Bonchev–Trinajstić information content (AvgIpc) is 2.39. The minimum Gasteiger partial charge on any atom is -0.480 e. The number of carbonyl (C=O) groups excluding carboxylic acids is 1. The summed E-state index contributed by atoms with van der Waals surface area (Å²) >= 11 is 5.95. The normalized spacial score (nSPS) is 11.7. The molecule has 0 aromatic heterocycles. The first kappa shape index (κ1) is 16.2. The molecular weight excluding hydrogens is 280 g/mol. The number of rotatable bonds is 7. The maximum Gasteiger partial charge on any atom is 0.321 e. The van der Waals surface area contributed by atoms with Crippen molar-refractivity contribution in [3.05, 3.63) is 41.4 Å². The fourth-order valence-corrected chi connectivity index (χ4v) is 1.78. The van der Waals surface area contributed by atoms with Crippen LogP contribution in [0.5, 0.6) is 0 Å². The number of hydrogen-bond acceptors (Lipinski definition) is 3. The van der Waals surface area contributed by atoms with E-state index < -0.39 is 12.0 Å². The van der Waals surface area contributed by atoms with Crippen LogP contribution in [0.4, 0.5) is 5.69 Å². The Bertz CT molecular complexity index is 517. The van der Waals surface area contributed by atoms with Crippen LogP contribution < -0.4 is 10.6 Å². The highest BCUT2D eigenvalue weighted by Crippen LogP contribution is 2.23. The number of anilines is 1. The van der Waals surface area contributed by atoms with Gasteiger partial charge in [-0.1, -0.05) is 23.7 Å². The first-order valence-corrected chi connectivity index (χ1v) is 6.45. The van der Waals surface area contributed by atoms with Gasteiger partial charge in [-0.3, -0.25) is 9.59 Å². The number of carboxylic acids is 1. The average molecular weight is 297 g/mol. The van der Waals surface area contributed by atoms with Crippen LogP contribution in [-0.4, -0.2) is 29.6 Å². The molecule has 1 aromatic rings. The largest absolute Gasteiger partial charge is 0.480 e. The number of aliphatic carboxylic acids is 1. The second kappa shape index (κ2) is 7.67. The fourth-order valence-electron chi connectivity index (χ4n) is 1.60. The van der Waals surface area contributed by atoms with Gasteiger partial charge < -0.3 is 15.7 Å². The number of amides is 1. The third kappa shape index (κ3) is 4.68. The molecule has 0 heterocycles. The molecule has 1 rings (SSSR count). The lowest BCUT2D eigenvalue weighted by atomic mass is 10.1. The number of halogens is 1. The Morgan fingerprint density at radius 3 is 2.80 bits per heavy atom. The smallest absolute Gasteiger partial charge is 0.321 e. The highest BCUT2D eigenvalue weighted by Gasteiger charge is 2.20. The molecule has 0 aliphatic carbocycles. The number of hydrogen-bond donors (Lipinski definition) is 3. The van der Waals surface area contributed by atoms with Gasteiger partial charge >= 0.3 is 5.97 Å². The van der Waals surface area contributed by atoms with Crippen molar-refractivity contribution < 1.29 is 14.7 Å². The molecule has 0 fully saturated rings. The van der Waals surface area contributed by atoms with E-state index >= 15 is 0 Å². The lowest BCUT2D eigenvalue weighted by molar-refractivity contribution is -0.140. The van der Waals surface area contributed by atoms with Gasteiger partial charge in [0.05, 0.1) is 6.42 Å². The highest BCUT2D eigenvalue weighted by molar-refractivity contribution is 6.31. The summed E-state index contributed by atoms with van der Waals surface area (Å²) in [5.74, 6) is -1.47. The standard InChI is InChI=1S/C14H17ClN2O3/c1-3-7-16-12(14(19)20)8-13(18)17-11-6-4-5-10(15)9(11)2/h3-6,12,16H,1,7-8H2,2H3,(H,17,18)(H,19,20)/t12-/m1/s1. The van der Waals surface area contributed by atoms with Crippen molar-refractivity contribution in [3.8, 4) is 0 Å². The Labute approximate surface area is 122 Å². The van der Waals surface area contributed by atoms with Gasteiger partial charge in [-0.15, -0.1) is 6.58 Å². The van der Waals surface area contributed by atoms with Crippen LogP contribution in [0.3, 0.4) is 0 Å². The molecule has 0 radical (unpaired) electrons. The summed E-state index contributed by atoms with van der Waals surface area (Å²) in [4.78, 5) is 22.9. The third-order valence-electron chi connectivity index (χ3n) is 2.74. The van der Waals surface area contributed by atoms with Crippen LogP contribution in [0.1, 0.15) is 12.0 Å². The number of nitrogens with one attached hydrogen (secondary N) is 2. The van der Waals surface area contributed by atoms with Crippen LogP contribution >= 0.6 is 11.6 Å². The molecule has 0 bridgehead atoms. The molecule has 0 aliphatic heterocycles. The maximum atomic E-state index is 11.9. The van der Waals surface area contributed by atoms with Crippen molar-refractivity contribution >= 4 is 29.2 Å². The molecule has 0 saturated carbocycles. The Kier molecular flexibility index (Phi) is 6.21. The molecular formula is C14H17ClN2O3. The van der Waals surface area contributed by atoms with Gasteiger partial charge in [-0.2, -0.15) is 0 Å². The van der Waals surface area contributed by atoms with Crippen LogP contribution in [0.15, 0.2) is 30.9 Å². The third-order valence-corrected chi connectivity index (χ3v) is 3.15. The minimum absolute atomic E-state index is 0.172. The quantitative estimate of drug-likeness (QED) is 0.674. The molecule has 0 spiro atoms. The zero-order valence-corrected chi connectivity index (χ0v) is 11.9. The Morgan fingerprint density at radius 1 is 1.50 bits per heavy atom. The van der Waals surface area contributed by atoms with Crippen molar-refractivity contribution in [2.75, 3.05) is 11.9 Å². The number of carboxylic acid groups (broad SMARTS) is 1. The van der Waals surface area contributed by atoms with Gasteiger partial charge in [0.15, 0.2) is 0 Å². The summed E-state index contributed by atoms with van der Waals surface area (Å²) in [6.07, 6.45) is 1.37. The highest BCUT2D eigenvalue weighted by atomic mass is 35.5. The van der Waals surface area contributed by atoms with Gasteiger partial charge in [-0.25, -0.2) is 0 Å². The molecule has 1 aromatic carbocycles. The molecule has 3 N–H and O–H groups in total. The zero-order valence-electron chi connectivity index (χ0n) is 11.1. The van der Waals surface area contributed by atoms with Crippen LogP contribution in [0.25, 0.3) is 0 Å². The molecule has 1 amide bonds. The Hall–Kier alpha value is -1.85. The van der Waals surface area contributed by atoms with E-state index in [1.54, 1.807) is 25.1 Å². The summed E-state index contributed by atoms with van der Waals surface area (Å²) in [6, 6.07) is 4.20. The lowest BCUT2D eigenvalue weighted by Gasteiger charge is -2.14. The van der Waals surface area contributed by atoms with Crippen molar-refractivity contribution in [1.82, 2.24) is 5.32 Å². The van der Waals surface area contributed by atoms with E-state index in [0.29, 0.717) is 17.3 Å². The van der Waals surface area contributed by atoms with Crippen LogP contribution in [0.2, 0.25) is 5.02 Å². The van der Waals surface area contributed by atoms with Gasteiger partial charge in [0.25, 0.3) is 0 Å².